The molecule has 1 heterocycles. The lowest BCUT2D eigenvalue weighted by Crippen LogP contribution is -2.54. The zero-order chi connectivity index (χ0) is 18.7. The summed E-state index contributed by atoms with van der Waals surface area (Å²) in [6, 6.07) is 7.35. The molecule has 1 aromatic carbocycles. The maximum Gasteiger partial charge on any atom is 0.251 e. The highest BCUT2D eigenvalue weighted by Gasteiger charge is 2.34. The molecule has 3 N–H and O–H groups in total. The first kappa shape index (κ1) is 19.4. The van der Waals surface area contributed by atoms with E-state index < -0.39 is 5.60 Å². The summed E-state index contributed by atoms with van der Waals surface area (Å²) in [4.78, 5) is 25.9. The van der Waals surface area contributed by atoms with E-state index in [0.717, 1.165) is 5.56 Å². The minimum absolute atomic E-state index is 0.0166. The van der Waals surface area contributed by atoms with E-state index in [4.69, 9.17) is 0 Å². The fourth-order valence-corrected chi connectivity index (χ4v) is 2.95. The van der Waals surface area contributed by atoms with Crippen molar-refractivity contribution in [3.05, 3.63) is 35.4 Å². The Labute approximate surface area is 148 Å². The molecule has 0 aliphatic carbocycles. The monoisotopic (exact) mass is 348 g/mol. The van der Waals surface area contributed by atoms with Gasteiger partial charge >= 0.3 is 0 Å². The van der Waals surface area contributed by atoms with Crippen LogP contribution in [0.3, 0.4) is 0 Å². The number of carbonyl (C=O) groups excluding carboxylic acids is 2. The second kappa shape index (κ2) is 7.54. The fourth-order valence-electron chi connectivity index (χ4n) is 2.95. The minimum Gasteiger partial charge on any atom is -0.393 e. The summed E-state index contributed by atoms with van der Waals surface area (Å²) in [5, 5.41) is 22.0. The number of piperidine rings is 1. The van der Waals surface area contributed by atoms with Gasteiger partial charge in [-0.1, -0.05) is 32.9 Å². The van der Waals surface area contributed by atoms with E-state index in [1.807, 2.05) is 12.1 Å². The number of likely N-dealkylation sites (tertiary alicyclic amines) is 1. The van der Waals surface area contributed by atoms with Crippen molar-refractivity contribution in [1.29, 1.82) is 0 Å². The third-order valence-corrected chi connectivity index (χ3v) is 4.62. The molecule has 1 aromatic rings. The van der Waals surface area contributed by atoms with E-state index >= 15 is 0 Å². The molecule has 0 radical (unpaired) electrons. The predicted molar refractivity (Wildman–Crippen MR) is 95.3 cm³/mol. The summed E-state index contributed by atoms with van der Waals surface area (Å²) >= 11 is 0. The first-order valence-electron chi connectivity index (χ1n) is 8.64. The van der Waals surface area contributed by atoms with Crippen molar-refractivity contribution in [1.82, 2.24) is 10.2 Å². The lowest BCUT2D eigenvalue weighted by Gasteiger charge is -2.38. The molecule has 0 aromatic heterocycles. The number of rotatable bonds is 4. The first-order chi connectivity index (χ1) is 11.6. The Morgan fingerprint density at radius 1 is 1.24 bits per heavy atom. The van der Waals surface area contributed by atoms with Gasteiger partial charge in [-0.2, -0.15) is 0 Å². The summed E-state index contributed by atoms with van der Waals surface area (Å²) in [6.07, 6.45) is 1.10. The van der Waals surface area contributed by atoms with Crippen molar-refractivity contribution >= 4 is 11.8 Å². The van der Waals surface area contributed by atoms with Crippen molar-refractivity contribution in [2.24, 2.45) is 0 Å². The lowest BCUT2D eigenvalue weighted by atomic mass is 9.87. The van der Waals surface area contributed by atoms with Crippen LogP contribution >= 0.6 is 0 Å². The number of β-amino-alcohol motifs (C(OH)–C–C–N with tert-alkyl or cyclic N) is 1. The molecule has 6 heteroatoms. The van der Waals surface area contributed by atoms with Crippen molar-refractivity contribution in [3.63, 3.8) is 0 Å². The van der Waals surface area contributed by atoms with Crippen LogP contribution in [-0.4, -0.2) is 58.8 Å². The Hall–Kier alpha value is -1.92. The second-order valence-corrected chi connectivity index (χ2v) is 7.81. The summed E-state index contributed by atoms with van der Waals surface area (Å²) in [5.41, 5.74) is 0.423. The van der Waals surface area contributed by atoms with Crippen LogP contribution in [0.25, 0.3) is 0 Å². The standard InChI is InChI=1S/C19H28N2O4/c1-18(2,3)15-7-5-14(6-8-15)17(24)20-11-16(23)21-10-4-9-19(25,12-21)13-22/h5-8,22,25H,4,9-13H2,1-3H3,(H,20,24). The van der Waals surface area contributed by atoms with Gasteiger partial charge in [0.05, 0.1) is 19.7 Å². The van der Waals surface area contributed by atoms with Gasteiger partial charge in [0.1, 0.15) is 5.60 Å². The molecule has 138 valence electrons. The van der Waals surface area contributed by atoms with E-state index in [1.54, 1.807) is 12.1 Å². The molecular weight excluding hydrogens is 320 g/mol. The fraction of sp³-hybridized carbons (Fsp3) is 0.579. The third-order valence-electron chi connectivity index (χ3n) is 4.62. The molecule has 25 heavy (non-hydrogen) atoms. The van der Waals surface area contributed by atoms with Gasteiger partial charge in [0.15, 0.2) is 0 Å². The molecule has 1 fully saturated rings. The van der Waals surface area contributed by atoms with Crippen LogP contribution in [0.2, 0.25) is 0 Å². The molecular formula is C19H28N2O4. The average Bonchev–Trinajstić information content (AvgIpc) is 2.58. The van der Waals surface area contributed by atoms with Crippen LogP contribution in [0.1, 0.15) is 49.5 Å². The van der Waals surface area contributed by atoms with Crippen LogP contribution in [-0.2, 0) is 10.2 Å². The van der Waals surface area contributed by atoms with Gasteiger partial charge in [0.2, 0.25) is 5.91 Å². The quantitative estimate of drug-likeness (QED) is 0.759. The van der Waals surface area contributed by atoms with Gasteiger partial charge in [-0.25, -0.2) is 0 Å². The molecule has 0 saturated carbocycles. The SMILES string of the molecule is CC(C)(C)c1ccc(C(=O)NCC(=O)N2CCCC(O)(CO)C2)cc1. The number of amides is 2. The highest BCUT2D eigenvalue weighted by molar-refractivity contribution is 5.96. The molecule has 1 saturated heterocycles. The van der Waals surface area contributed by atoms with Gasteiger partial charge in [-0.05, 0) is 36.0 Å². The molecule has 1 aliphatic rings. The number of hydrogen-bond donors (Lipinski definition) is 3. The number of carbonyl (C=O) groups is 2. The molecule has 6 nitrogen and oxygen atoms in total. The lowest BCUT2D eigenvalue weighted by molar-refractivity contribution is -0.139. The highest BCUT2D eigenvalue weighted by Crippen LogP contribution is 2.22. The molecule has 1 atom stereocenters. The largest absolute Gasteiger partial charge is 0.393 e. The number of hydrogen-bond acceptors (Lipinski definition) is 4. The van der Waals surface area contributed by atoms with Crippen LogP contribution in [0.15, 0.2) is 24.3 Å². The Kier molecular flexibility index (Phi) is 5.85. The van der Waals surface area contributed by atoms with Crippen molar-refractivity contribution < 1.29 is 19.8 Å². The first-order valence-corrected chi connectivity index (χ1v) is 8.64. The number of benzene rings is 1. The zero-order valence-corrected chi connectivity index (χ0v) is 15.2. The molecule has 2 amide bonds. The van der Waals surface area contributed by atoms with E-state index in [9.17, 15) is 19.8 Å². The summed E-state index contributed by atoms with van der Waals surface area (Å²) in [6.45, 7) is 6.44. The van der Waals surface area contributed by atoms with E-state index in [1.165, 1.54) is 4.90 Å². The smallest absolute Gasteiger partial charge is 0.251 e. The Morgan fingerprint density at radius 3 is 2.44 bits per heavy atom. The van der Waals surface area contributed by atoms with Gasteiger partial charge in [-0.3, -0.25) is 9.59 Å². The van der Waals surface area contributed by atoms with Crippen molar-refractivity contribution in [2.45, 2.75) is 44.6 Å². The summed E-state index contributed by atoms with van der Waals surface area (Å²) in [5.74, 6) is -0.561. The van der Waals surface area contributed by atoms with E-state index in [2.05, 4.69) is 26.1 Å². The number of nitrogens with one attached hydrogen (secondary N) is 1. The van der Waals surface area contributed by atoms with Crippen LogP contribution in [0.4, 0.5) is 0 Å². The normalized spacial score (nSPS) is 21.1. The maximum atomic E-state index is 12.2. The molecule has 1 unspecified atom stereocenters. The van der Waals surface area contributed by atoms with Crippen molar-refractivity contribution in [3.8, 4) is 0 Å². The van der Waals surface area contributed by atoms with Crippen LogP contribution in [0, 0.1) is 0 Å². The highest BCUT2D eigenvalue weighted by atomic mass is 16.3. The molecule has 0 bridgehead atoms. The third kappa shape index (κ3) is 5.03. The predicted octanol–water partition coefficient (Wildman–Crippen LogP) is 1.06. The maximum absolute atomic E-state index is 12.2. The Balaban J connectivity index is 1.90. The minimum atomic E-state index is -1.24. The zero-order valence-electron chi connectivity index (χ0n) is 15.2. The van der Waals surface area contributed by atoms with Crippen LogP contribution < -0.4 is 5.32 Å². The van der Waals surface area contributed by atoms with Gasteiger partial charge < -0.3 is 20.4 Å². The summed E-state index contributed by atoms with van der Waals surface area (Å²) in [7, 11) is 0. The molecule has 0 spiro atoms. The van der Waals surface area contributed by atoms with Gasteiger partial charge in [-0.15, -0.1) is 0 Å². The van der Waals surface area contributed by atoms with Crippen molar-refractivity contribution in [2.75, 3.05) is 26.2 Å². The molecule has 1 aliphatic heterocycles. The Bertz CT molecular complexity index is 621. The second-order valence-electron chi connectivity index (χ2n) is 7.81. The number of aliphatic hydroxyl groups excluding tert-OH is 1. The van der Waals surface area contributed by atoms with E-state index in [-0.39, 0.29) is 36.9 Å². The topological polar surface area (TPSA) is 89.9 Å². The average molecular weight is 348 g/mol. The number of nitrogens with zero attached hydrogens (tertiary/aromatic N) is 1. The summed E-state index contributed by atoms with van der Waals surface area (Å²) < 4.78 is 0. The van der Waals surface area contributed by atoms with Crippen LogP contribution in [0.5, 0.6) is 0 Å². The number of aliphatic hydroxyl groups is 2. The Morgan fingerprint density at radius 2 is 1.88 bits per heavy atom. The van der Waals surface area contributed by atoms with Gasteiger partial charge in [0, 0.05) is 12.1 Å². The molecule has 2 rings (SSSR count). The van der Waals surface area contributed by atoms with E-state index in [0.29, 0.717) is 24.9 Å². The van der Waals surface area contributed by atoms with Gasteiger partial charge in [0.25, 0.3) is 5.91 Å².